The molecule has 1 aliphatic rings. The van der Waals surface area contributed by atoms with Gasteiger partial charge in [-0.1, -0.05) is 0 Å². The van der Waals surface area contributed by atoms with Crippen LogP contribution in [-0.4, -0.2) is 35.4 Å². The number of nitrogens with zero attached hydrogens (tertiary/aromatic N) is 2. The lowest BCUT2D eigenvalue weighted by Crippen LogP contribution is -2.34. The van der Waals surface area contributed by atoms with Gasteiger partial charge < -0.3 is 19.4 Å². The molecular formula is C24H23N3O3S2. The molecule has 5 rings (SSSR count). The SMILES string of the molecule is COc1ccc(-c2nc(-c3cc(C(=O)NC4CCCO4)c(C)n3-c3cccs3)cs2)cc1. The number of carbonyl (C=O) groups excluding carboxylic acids is 1. The Morgan fingerprint density at radius 1 is 1.25 bits per heavy atom. The van der Waals surface area contributed by atoms with E-state index >= 15 is 0 Å². The quantitative estimate of drug-likeness (QED) is 0.408. The van der Waals surface area contributed by atoms with Crippen molar-refractivity contribution in [3.05, 3.63) is 64.5 Å². The van der Waals surface area contributed by atoms with Crippen LogP contribution in [0.4, 0.5) is 0 Å². The molecule has 1 saturated heterocycles. The standard InChI is InChI=1S/C24H23N3O3S2/c1-15-18(23(28)26-21-5-3-11-30-21)13-20(27(15)22-6-4-12-31-22)19-14-32-24(25-19)16-7-9-17(29-2)10-8-16/h4,6-10,12-14,21H,3,5,11H2,1-2H3,(H,26,28). The third kappa shape index (κ3) is 3.97. The summed E-state index contributed by atoms with van der Waals surface area (Å²) in [5.74, 6) is 0.700. The summed E-state index contributed by atoms with van der Waals surface area (Å²) in [6, 6.07) is 13.9. The molecule has 0 aliphatic carbocycles. The third-order valence-electron chi connectivity index (χ3n) is 5.54. The van der Waals surface area contributed by atoms with Crippen LogP contribution < -0.4 is 10.1 Å². The Bertz CT molecular complexity index is 1220. The fraction of sp³-hybridized carbons (Fsp3) is 0.250. The van der Waals surface area contributed by atoms with Crippen molar-refractivity contribution < 1.29 is 14.3 Å². The number of rotatable bonds is 6. The van der Waals surface area contributed by atoms with Crippen molar-refractivity contribution in [2.75, 3.05) is 13.7 Å². The van der Waals surface area contributed by atoms with E-state index in [0.29, 0.717) is 12.2 Å². The van der Waals surface area contributed by atoms with E-state index in [4.69, 9.17) is 14.5 Å². The molecule has 1 amide bonds. The van der Waals surface area contributed by atoms with Gasteiger partial charge in [-0.2, -0.15) is 0 Å². The van der Waals surface area contributed by atoms with E-state index in [9.17, 15) is 4.79 Å². The smallest absolute Gasteiger partial charge is 0.255 e. The fourth-order valence-corrected chi connectivity index (χ4v) is 5.49. The Hall–Kier alpha value is -2.94. The van der Waals surface area contributed by atoms with Crippen LogP contribution in [0.1, 0.15) is 28.9 Å². The Labute approximate surface area is 194 Å². The second-order valence-corrected chi connectivity index (χ2v) is 9.34. The summed E-state index contributed by atoms with van der Waals surface area (Å²) in [4.78, 5) is 17.9. The second-order valence-electron chi connectivity index (χ2n) is 7.56. The maximum Gasteiger partial charge on any atom is 0.255 e. The maximum atomic E-state index is 13.0. The van der Waals surface area contributed by atoms with Gasteiger partial charge in [0.25, 0.3) is 5.91 Å². The normalized spacial score (nSPS) is 15.8. The van der Waals surface area contributed by atoms with Crippen molar-refractivity contribution in [3.8, 4) is 32.7 Å². The molecule has 3 aromatic heterocycles. The maximum absolute atomic E-state index is 13.0. The molecule has 4 aromatic rings. The number of carbonyl (C=O) groups is 1. The van der Waals surface area contributed by atoms with Crippen LogP contribution in [-0.2, 0) is 4.74 Å². The summed E-state index contributed by atoms with van der Waals surface area (Å²) in [6.07, 6.45) is 1.61. The van der Waals surface area contributed by atoms with Gasteiger partial charge in [-0.3, -0.25) is 4.79 Å². The van der Waals surface area contributed by atoms with Crippen molar-refractivity contribution in [1.29, 1.82) is 0 Å². The minimum Gasteiger partial charge on any atom is -0.497 e. The van der Waals surface area contributed by atoms with Crippen LogP contribution in [0.2, 0.25) is 0 Å². The lowest BCUT2D eigenvalue weighted by molar-refractivity contribution is 0.0639. The Balaban J connectivity index is 1.53. The molecule has 0 saturated carbocycles. The van der Waals surface area contributed by atoms with Gasteiger partial charge in [-0.05, 0) is 67.6 Å². The predicted octanol–water partition coefficient (Wildman–Crippen LogP) is 5.51. The van der Waals surface area contributed by atoms with E-state index in [-0.39, 0.29) is 12.1 Å². The highest BCUT2D eigenvalue weighted by atomic mass is 32.1. The third-order valence-corrected chi connectivity index (χ3v) is 7.29. The molecule has 1 N–H and O–H groups in total. The van der Waals surface area contributed by atoms with Gasteiger partial charge in [0.05, 0.1) is 29.1 Å². The molecule has 1 unspecified atom stereocenters. The van der Waals surface area contributed by atoms with Crippen LogP contribution in [0.3, 0.4) is 0 Å². The van der Waals surface area contributed by atoms with E-state index < -0.39 is 0 Å². The molecule has 4 heterocycles. The molecular weight excluding hydrogens is 442 g/mol. The number of aromatic nitrogens is 2. The number of hydrogen-bond acceptors (Lipinski definition) is 6. The van der Waals surface area contributed by atoms with E-state index in [1.807, 2.05) is 54.1 Å². The van der Waals surface area contributed by atoms with E-state index in [1.165, 1.54) is 0 Å². The van der Waals surface area contributed by atoms with Crippen molar-refractivity contribution in [3.63, 3.8) is 0 Å². The van der Waals surface area contributed by atoms with Gasteiger partial charge >= 0.3 is 0 Å². The summed E-state index contributed by atoms with van der Waals surface area (Å²) in [5, 5.41) is 9.06. The summed E-state index contributed by atoms with van der Waals surface area (Å²) >= 11 is 3.22. The number of nitrogens with one attached hydrogen (secondary N) is 1. The van der Waals surface area contributed by atoms with Crippen molar-refractivity contribution >= 4 is 28.6 Å². The molecule has 0 bridgehead atoms. The van der Waals surface area contributed by atoms with Crippen LogP contribution >= 0.6 is 22.7 Å². The Morgan fingerprint density at radius 3 is 2.78 bits per heavy atom. The number of ether oxygens (including phenoxy) is 2. The highest BCUT2D eigenvalue weighted by Gasteiger charge is 2.24. The lowest BCUT2D eigenvalue weighted by Gasteiger charge is -2.12. The van der Waals surface area contributed by atoms with Gasteiger partial charge in [0.15, 0.2) is 0 Å². The Morgan fingerprint density at radius 2 is 2.09 bits per heavy atom. The molecule has 1 aliphatic heterocycles. The number of thiophene rings is 1. The van der Waals surface area contributed by atoms with Gasteiger partial charge in [-0.25, -0.2) is 4.98 Å². The minimum atomic E-state index is -0.212. The molecule has 6 nitrogen and oxygen atoms in total. The molecule has 0 spiro atoms. The van der Waals surface area contributed by atoms with Gasteiger partial charge in [0.2, 0.25) is 0 Å². The van der Waals surface area contributed by atoms with Crippen molar-refractivity contribution in [2.24, 2.45) is 0 Å². The first-order valence-corrected chi connectivity index (χ1v) is 12.2. The number of thiazole rings is 1. The predicted molar refractivity (Wildman–Crippen MR) is 128 cm³/mol. The van der Waals surface area contributed by atoms with Gasteiger partial charge in [0, 0.05) is 23.2 Å². The highest BCUT2D eigenvalue weighted by Crippen LogP contribution is 2.35. The molecule has 1 aromatic carbocycles. The number of hydrogen-bond donors (Lipinski definition) is 1. The van der Waals surface area contributed by atoms with E-state index in [1.54, 1.807) is 29.8 Å². The lowest BCUT2D eigenvalue weighted by atomic mass is 10.2. The molecule has 32 heavy (non-hydrogen) atoms. The average Bonchev–Trinajstić information content (AvgIpc) is 3.60. The number of amides is 1. The minimum absolute atomic E-state index is 0.114. The second kappa shape index (κ2) is 8.90. The van der Waals surface area contributed by atoms with Crippen molar-refractivity contribution in [1.82, 2.24) is 14.9 Å². The molecule has 164 valence electrons. The number of methoxy groups -OCH3 is 1. The summed E-state index contributed by atoms with van der Waals surface area (Å²) in [5.41, 5.74) is 4.30. The van der Waals surface area contributed by atoms with Crippen LogP contribution in [0.25, 0.3) is 27.0 Å². The van der Waals surface area contributed by atoms with Gasteiger partial charge in [-0.15, -0.1) is 22.7 Å². The monoisotopic (exact) mass is 465 g/mol. The summed E-state index contributed by atoms with van der Waals surface area (Å²) in [6.45, 7) is 2.67. The molecule has 8 heteroatoms. The van der Waals surface area contributed by atoms with Crippen LogP contribution in [0.15, 0.2) is 53.2 Å². The van der Waals surface area contributed by atoms with Crippen molar-refractivity contribution in [2.45, 2.75) is 26.0 Å². The fourth-order valence-electron chi connectivity index (χ4n) is 3.88. The Kier molecular flexibility index (Phi) is 5.82. The van der Waals surface area contributed by atoms with E-state index in [0.717, 1.165) is 51.2 Å². The van der Waals surface area contributed by atoms with Crippen LogP contribution in [0, 0.1) is 6.92 Å². The first-order chi connectivity index (χ1) is 15.6. The molecule has 1 atom stereocenters. The van der Waals surface area contributed by atoms with E-state index in [2.05, 4.69) is 16.0 Å². The first kappa shape index (κ1) is 20.9. The highest BCUT2D eigenvalue weighted by molar-refractivity contribution is 7.13. The van der Waals surface area contributed by atoms with Gasteiger partial charge in [0.1, 0.15) is 17.0 Å². The largest absolute Gasteiger partial charge is 0.497 e. The zero-order valence-electron chi connectivity index (χ0n) is 17.8. The first-order valence-electron chi connectivity index (χ1n) is 10.4. The number of benzene rings is 1. The zero-order valence-corrected chi connectivity index (χ0v) is 19.5. The average molecular weight is 466 g/mol. The summed E-state index contributed by atoms with van der Waals surface area (Å²) < 4.78 is 13.0. The molecule has 0 radical (unpaired) electrons. The summed E-state index contributed by atoms with van der Waals surface area (Å²) in [7, 11) is 1.66. The zero-order chi connectivity index (χ0) is 22.1. The molecule has 1 fully saturated rings. The van der Waals surface area contributed by atoms with Crippen LogP contribution in [0.5, 0.6) is 5.75 Å². The topological polar surface area (TPSA) is 65.4 Å².